The molecule has 0 unspecified atom stereocenters. The maximum atomic E-state index is 14.0. The number of hydrogen-bond acceptors (Lipinski definition) is 5. The molecule has 5 rings (SSSR count). The third-order valence-corrected chi connectivity index (χ3v) is 8.19. The first kappa shape index (κ1) is 21.2. The third-order valence-electron chi connectivity index (χ3n) is 6.28. The van der Waals surface area contributed by atoms with E-state index in [1.807, 2.05) is 6.07 Å². The molecular weight excluding hydrogens is 438 g/mol. The summed E-state index contributed by atoms with van der Waals surface area (Å²) < 4.78 is 59.7. The van der Waals surface area contributed by atoms with E-state index in [4.69, 9.17) is 4.42 Å². The van der Waals surface area contributed by atoms with Crippen LogP contribution in [0.2, 0.25) is 0 Å². The van der Waals surface area contributed by atoms with Crippen LogP contribution >= 0.6 is 0 Å². The second-order valence-corrected chi connectivity index (χ2v) is 10.2. The number of hydrogen-bond donors (Lipinski definition) is 0. The summed E-state index contributed by atoms with van der Waals surface area (Å²) in [7, 11) is -4.13. The van der Waals surface area contributed by atoms with Crippen molar-refractivity contribution in [3.05, 3.63) is 75.1 Å². The van der Waals surface area contributed by atoms with Crippen LogP contribution in [0.5, 0.6) is 0 Å². The molecule has 2 heterocycles. The zero-order chi connectivity index (χ0) is 22.5. The second kappa shape index (κ2) is 8.06. The van der Waals surface area contributed by atoms with Gasteiger partial charge in [-0.3, -0.25) is 4.90 Å². The number of nitrogens with zero attached hydrogens (tertiary/aromatic N) is 2. The van der Waals surface area contributed by atoms with Crippen molar-refractivity contribution in [1.29, 1.82) is 0 Å². The van der Waals surface area contributed by atoms with Gasteiger partial charge < -0.3 is 4.42 Å². The van der Waals surface area contributed by atoms with Gasteiger partial charge in [0, 0.05) is 44.2 Å². The van der Waals surface area contributed by atoms with Crippen LogP contribution < -0.4 is 5.63 Å². The van der Waals surface area contributed by atoms with Crippen molar-refractivity contribution in [2.75, 3.05) is 26.2 Å². The van der Waals surface area contributed by atoms with Gasteiger partial charge in [0.2, 0.25) is 10.0 Å². The highest BCUT2D eigenvalue weighted by atomic mass is 32.2. The lowest BCUT2D eigenvalue weighted by atomic mass is 10.0. The molecule has 2 aromatic carbocycles. The van der Waals surface area contributed by atoms with E-state index in [1.54, 1.807) is 0 Å². The molecule has 9 heteroatoms. The topological polar surface area (TPSA) is 70.8 Å². The van der Waals surface area contributed by atoms with Crippen LogP contribution in [0, 0.1) is 11.6 Å². The molecule has 0 N–H and O–H groups in total. The van der Waals surface area contributed by atoms with Crippen LogP contribution in [-0.4, -0.2) is 43.8 Å². The molecule has 1 aliphatic carbocycles. The maximum absolute atomic E-state index is 14.0. The van der Waals surface area contributed by atoms with E-state index in [2.05, 4.69) is 11.0 Å². The fraction of sp³-hybridized carbons (Fsp3) is 0.348. The lowest BCUT2D eigenvalue weighted by Crippen LogP contribution is -2.48. The van der Waals surface area contributed by atoms with Crippen molar-refractivity contribution < 1.29 is 21.6 Å². The fourth-order valence-corrected chi connectivity index (χ4v) is 6.11. The molecule has 1 saturated heterocycles. The Kier molecular flexibility index (Phi) is 5.35. The van der Waals surface area contributed by atoms with E-state index in [0.29, 0.717) is 31.3 Å². The van der Waals surface area contributed by atoms with Gasteiger partial charge in [-0.25, -0.2) is 22.0 Å². The zero-order valence-electron chi connectivity index (χ0n) is 17.3. The average molecular weight is 461 g/mol. The van der Waals surface area contributed by atoms with Gasteiger partial charge in [0.05, 0.1) is 0 Å². The van der Waals surface area contributed by atoms with E-state index in [1.165, 1.54) is 21.5 Å². The minimum absolute atomic E-state index is 0.146. The highest BCUT2D eigenvalue weighted by molar-refractivity contribution is 7.89. The Morgan fingerprint density at radius 3 is 2.41 bits per heavy atom. The smallest absolute Gasteiger partial charge is 0.336 e. The van der Waals surface area contributed by atoms with Gasteiger partial charge in [-0.15, -0.1) is 0 Å². The summed E-state index contributed by atoms with van der Waals surface area (Å²) in [5.74, 6) is -1.77. The van der Waals surface area contributed by atoms with Gasteiger partial charge in [0.15, 0.2) is 0 Å². The lowest BCUT2D eigenvalue weighted by molar-refractivity contribution is 0.181. The molecule has 0 radical (unpaired) electrons. The number of sulfonamides is 1. The van der Waals surface area contributed by atoms with Crippen LogP contribution in [0.25, 0.3) is 11.0 Å². The van der Waals surface area contributed by atoms with Crippen LogP contribution in [0.1, 0.15) is 23.1 Å². The van der Waals surface area contributed by atoms with Crippen molar-refractivity contribution in [2.24, 2.45) is 0 Å². The van der Waals surface area contributed by atoms with Crippen LogP contribution in [0.4, 0.5) is 8.78 Å². The molecule has 0 spiro atoms. The Bertz CT molecular complexity index is 1360. The number of piperazine rings is 1. The average Bonchev–Trinajstić information content (AvgIpc) is 3.22. The van der Waals surface area contributed by atoms with E-state index < -0.39 is 32.2 Å². The highest BCUT2D eigenvalue weighted by Gasteiger charge is 2.31. The van der Waals surface area contributed by atoms with Gasteiger partial charge in [0.1, 0.15) is 22.1 Å². The number of rotatable bonds is 4. The second-order valence-electron chi connectivity index (χ2n) is 8.32. The molecule has 168 valence electrons. The molecule has 0 bridgehead atoms. The molecule has 32 heavy (non-hydrogen) atoms. The summed E-state index contributed by atoms with van der Waals surface area (Å²) in [5.41, 5.74) is 3.52. The summed E-state index contributed by atoms with van der Waals surface area (Å²) in [6.07, 6.45) is 3.09. The van der Waals surface area contributed by atoms with Gasteiger partial charge in [0.25, 0.3) is 0 Å². The number of aryl methyl sites for hydroxylation is 2. The van der Waals surface area contributed by atoms with Crippen molar-refractivity contribution in [3.8, 4) is 0 Å². The van der Waals surface area contributed by atoms with E-state index in [-0.39, 0.29) is 13.1 Å². The molecule has 1 aromatic heterocycles. The third kappa shape index (κ3) is 3.85. The summed E-state index contributed by atoms with van der Waals surface area (Å²) in [4.78, 5) is 13.5. The first-order chi connectivity index (χ1) is 15.3. The first-order valence-corrected chi connectivity index (χ1v) is 12.0. The molecule has 2 aliphatic rings. The summed E-state index contributed by atoms with van der Waals surface area (Å²) in [6.45, 7) is 1.58. The van der Waals surface area contributed by atoms with Crippen molar-refractivity contribution in [2.45, 2.75) is 30.7 Å². The van der Waals surface area contributed by atoms with Gasteiger partial charge in [-0.1, -0.05) is 0 Å². The molecule has 3 aromatic rings. The van der Waals surface area contributed by atoms with Crippen molar-refractivity contribution >= 4 is 21.0 Å². The van der Waals surface area contributed by atoms with E-state index >= 15 is 0 Å². The monoisotopic (exact) mass is 460 g/mol. The Morgan fingerprint density at radius 1 is 0.938 bits per heavy atom. The fourth-order valence-electron chi connectivity index (χ4n) is 4.61. The molecule has 1 aliphatic heterocycles. The quantitative estimate of drug-likeness (QED) is 0.560. The molecular formula is C23H22F2N2O4S. The molecule has 6 nitrogen and oxygen atoms in total. The predicted molar refractivity (Wildman–Crippen MR) is 115 cm³/mol. The van der Waals surface area contributed by atoms with Gasteiger partial charge in [-0.2, -0.15) is 4.31 Å². The standard InChI is InChI=1S/C23H22F2N2O4S/c24-18-4-5-20(25)22(13-18)32(29,30)27-8-6-26(7-9-27)14-17-12-23(28)31-21-11-16-3-1-2-15(16)10-19(17)21/h4-5,10-13H,1-3,6-9,14H2. The lowest BCUT2D eigenvalue weighted by Gasteiger charge is -2.34. The normalized spacial score (nSPS) is 17.7. The van der Waals surface area contributed by atoms with Crippen molar-refractivity contribution in [1.82, 2.24) is 9.21 Å². The predicted octanol–water partition coefficient (Wildman–Crippen LogP) is 3.07. The maximum Gasteiger partial charge on any atom is 0.336 e. The molecule has 0 atom stereocenters. The summed E-state index contributed by atoms with van der Waals surface area (Å²) in [5, 5.41) is 0.905. The molecule has 0 amide bonds. The number of fused-ring (bicyclic) bond motifs is 2. The van der Waals surface area contributed by atoms with Crippen LogP contribution in [0.3, 0.4) is 0 Å². The summed E-state index contributed by atoms with van der Waals surface area (Å²) >= 11 is 0. The Balaban J connectivity index is 1.35. The summed E-state index contributed by atoms with van der Waals surface area (Å²) in [6, 6.07) is 7.98. The number of benzene rings is 2. The first-order valence-electron chi connectivity index (χ1n) is 10.6. The van der Waals surface area contributed by atoms with Crippen molar-refractivity contribution in [3.63, 3.8) is 0 Å². The van der Waals surface area contributed by atoms with Gasteiger partial charge >= 0.3 is 5.63 Å². The zero-order valence-corrected chi connectivity index (χ0v) is 18.1. The van der Waals surface area contributed by atoms with E-state index in [0.717, 1.165) is 42.3 Å². The minimum atomic E-state index is -4.13. The number of halogens is 2. The largest absolute Gasteiger partial charge is 0.423 e. The Hall–Kier alpha value is -2.62. The van der Waals surface area contributed by atoms with Crippen LogP contribution in [-0.2, 0) is 29.4 Å². The Labute approximate surface area is 184 Å². The van der Waals surface area contributed by atoms with Crippen LogP contribution in [0.15, 0.2) is 50.5 Å². The van der Waals surface area contributed by atoms with Gasteiger partial charge in [-0.05, 0) is 66.3 Å². The van der Waals surface area contributed by atoms with E-state index in [9.17, 15) is 22.0 Å². The SMILES string of the molecule is O=c1cc(CN2CCN(S(=O)(=O)c3cc(F)ccc3F)CC2)c2cc3c(cc2o1)CCC3. The molecule has 1 fully saturated rings. The molecule has 0 saturated carbocycles. The Morgan fingerprint density at radius 2 is 1.66 bits per heavy atom. The highest BCUT2D eigenvalue weighted by Crippen LogP contribution is 2.29. The minimum Gasteiger partial charge on any atom is -0.423 e.